The van der Waals surface area contributed by atoms with Crippen molar-refractivity contribution in [1.82, 2.24) is 20.2 Å². The Morgan fingerprint density at radius 3 is 2.90 bits per heavy atom. The monoisotopic (exact) mass is 468 g/mol. The standard InChI is InChI=1S/C18H14Cl2N4O3S2/c19-10-3-4-13(11(20)8-10)27-6-1-2-15(25)22-23-16(26)14-9-12-17(29-14)21-18-24(12)5-7-28-18/h3-5,7-9H,1-2,6H2,(H,22,25)(H,23,26). The van der Waals surface area contributed by atoms with Gasteiger partial charge in [-0.15, -0.1) is 22.7 Å². The zero-order valence-corrected chi connectivity index (χ0v) is 17.9. The average Bonchev–Trinajstić information content (AvgIpc) is 3.37. The minimum Gasteiger partial charge on any atom is -0.492 e. The summed E-state index contributed by atoms with van der Waals surface area (Å²) in [5.74, 6) is -0.186. The molecule has 0 fully saturated rings. The summed E-state index contributed by atoms with van der Waals surface area (Å²) in [6, 6.07) is 6.70. The number of carbonyl (C=O) groups excluding carboxylic acids is 2. The number of imidazole rings is 1. The maximum absolute atomic E-state index is 12.3. The van der Waals surface area contributed by atoms with Crippen LogP contribution < -0.4 is 15.6 Å². The van der Waals surface area contributed by atoms with E-state index in [2.05, 4.69) is 15.8 Å². The third-order valence-corrected chi connectivity index (χ3v) is 6.28. The first-order valence-electron chi connectivity index (χ1n) is 8.53. The van der Waals surface area contributed by atoms with Crippen molar-refractivity contribution < 1.29 is 14.3 Å². The minimum absolute atomic E-state index is 0.190. The molecule has 3 aromatic heterocycles. The molecule has 11 heteroatoms. The van der Waals surface area contributed by atoms with E-state index in [1.54, 1.807) is 24.3 Å². The summed E-state index contributed by atoms with van der Waals surface area (Å²) in [7, 11) is 0. The summed E-state index contributed by atoms with van der Waals surface area (Å²) < 4.78 is 7.46. The van der Waals surface area contributed by atoms with E-state index in [-0.39, 0.29) is 18.2 Å². The summed E-state index contributed by atoms with van der Waals surface area (Å²) in [6.07, 6.45) is 2.56. The van der Waals surface area contributed by atoms with E-state index in [1.165, 1.54) is 22.7 Å². The number of amides is 2. The van der Waals surface area contributed by atoms with E-state index in [1.807, 2.05) is 16.0 Å². The van der Waals surface area contributed by atoms with Gasteiger partial charge in [-0.3, -0.25) is 24.8 Å². The van der Waals surface area contributed by atoms with Crippen LogP contribution in [0.25, 0.3) is 15.3 Å². The highest BCUT2D eigenvalue weighted by atomic mass is 35.5. The van der Waals surface area contributed by atoms with Gasteiger partial charge in [-0.25, -0.2) is 4.98 Å². The van der Waals surface area contributed by atoms with Gasteiger partial charge >= 0.3 is 0 Å². The van der Waals surface area contributed by atoms with Crippen LogP contribution in [0.5, 0.6) is 5.75 Å². The van der Waals surface area contributed by atoms with Gasteiger partial charge in [0.15, 0.2) is 4.96 Å². The molecule has 2 N–H and O–H groups in total. The lowest BCUT2D eigenvalue weighted by Gasteiger charge is -2.09. The van der Waals surface area contributed by atoms with Crippen LogP contribution in [0.2, 0.25) is 10.0 Å². The van der Waals surface area contributed by atoms with E-state index >= 15 is 0 Å². The van der Waals surface area contributed by atoms with Crippen molar-refractivity contribution in [2.75, 3.05) is 6.61 Å². The highest BCUT2D eigenvalue weighted by Gasteiger charge is 2.15. The summed E-state index contributed by atoms with van der Waals surface area (Å²) in [6.45, 7) is 0.308. The Hall–Kier alpha value is -2.33. The molecule has 4 rings (SSSR count). The SMILES string of the molecule is O=C(CCCOc1ccc(Cl)cc1Cl)NNC(=O)c1cc2c(nc3sccn32)s1. The zero-order valence-electron chi connectivity index (χ0n) is 14.8. The Bertz CT molecular complexity index is 1200. The summed E-state index contributed by atoms with van der Waals surface area (Å²) in [5.41, 5.74) is 5.71. The predicted octanol–water partition coefficient (Wildman–Crippen LogP) is 4.54. The van der Waals surface area contributed by atoms with Crippen molar-refractivity contribution in [2.24, 2.45) is 0 Å². The quantitative estimate of drug-likeness (QED) is 0.321. The number of thiophene rings is 1. The Morgan fingerprint density at radius 2 is 2.07 bits per heavy atom. The first kappa shape index (κ1) is 20.0. The number of halogens is 2. The maximum atomic E-state index is 12.3. The molecular formula is C18H14Cl2N4O3S2. The number of ether oxygens (including phenoxy) is 1. The number of thiazole rings is 1. The van der Waals surface area contributed by atoms with Gasteiger partial charge in [-0.1, -0.05) is 23.2 Å². The molecule has 0 spiro atoms. The number of fused-ring (bicyclic) bond motifs is 3. The lowest BCUT2D eigenvalue weighted by Crippen LogP contribution is -2.41. The van der Waals surface area contributed by atoms with E-state index in [4.69, 9.17) is 27.9 Å². The lowest BCUT2D eigenvalue weighted by atomic mass is 10.3. The minimum atomic E-state index is -0.380. The van der Waals surface area contributed by atoms with Crippen molar-refractivity contribution >= 4 is 73.0 Å². The smallest absolute Gasteiger partial charge is 0.279 e. The molecule has 29 heavy (non-hydrogen) atoms. The number of aromatic nitrogens is 2. The molecule has 2 amide bonds. The summed E-state index contributed by atoms with van der Waals surface area (Å²) in [5, 5.41) is 2.87. The largest absolute Gasteiger partial charge is 0.492 e. The van der Waals surface area contributed by atoms with E-state index < -0.39 is 0 Å². The van der Waals surface area contributed by atoms with Crippen LogP contribution >= 0.6 is 45.9 Å². The molecule has 0 radical (unpaired) electrons. The Labute approximate surface area is 183 Å². The summed E-state index contributed by atoms with van der Waals surface area (Å²) in [4.78, 5) is 30.8. The van der Waals surface area contributed by atoms with Crippen LogP contribution in [-0.2, 0) is 4.79 Å². The zero-order chi connectivity index (χ0) is 20.4. The molecule has 0 aliphatic rings. The number of nitrogens with one attached hydrogen (secondary N) is 2. The molecule has 1 aromatic carbocycles. The van der Waals surface area contributed by atoms with Gasteiger partial charge in [0.2, 0.25) is 5.91 Å². The molecular weight excluding hydrogens is 455 g/mol. The second-order valence-electron chi connectivity index (χ2n) is 6.00. The average molecular weight is 469 g/mol. The topological polar surface area (TPSA) is 84.7 Å². The van der Waals surface area contributed by atoms with Crippen molar-refractivity contribution in [3.8, 4) is 5.75 Å². The number of hydrogen-bond acceptors (Lipinski definition) is 6. The molecule has 0 aliphatic carbocycles. The highest BCUT2D eigenvalue weighted by Crippen LogP contribution is 2.28. The second kappa shape index (κ2) is 8.58. The number of hydrazine groups is 1. The Balaban J connectivity index is 1.22. The van der Waals surface area contributed by atoms with Crippen LogP contribution in [0, 0.1) is 0 Å². The van der Waals surface area contributed by atoms with E-state index in [9.17, 15) is 9.59 Å². The predicted molar refractivity (Wildman–Crippen MR) is 115 cm³/mol. The normalized spacial score (nSPS) is 11.1. The molecule has 3 heterocycles. The molecule has 0 bridgehead atoms. The van der Waals surface area contributed by atoms with Crippen LogP contribution in [0.4, 0.5) is 0 Å². The van der Waals surface area contributed by atoms with Crippen molar-refractivity contribution in [2.45, 2.75) is 12.8 Å². The van der Waals surface area contributed by atoms with Gasteiger partial charge in [0, 0.05) is 23.0 Å². The van der Waals surface area contributed by atoms with Gasteiger partial charge in [0.1, 0.15) is 10.6 Å². The van der Waals surface area contributed by atoms with Gasteiger partial charge in [-0.2, -0.15) is 0 Å². The van der Waals surface area contributed by atoms with Crippen molar-refractivity contribution in [3.05, 3.63) is 50.8 Å². The molecule has 4 aromatic rings. The Kier molecular flexibility index (Phi) is 5.91. The highest BCUT2D eigenvalue weighted by molar-refractivity contribution is 7.21. The number of hydrogen-bond donors (Lipinski definition) is 2. The van der Waals surface area contributed by atoms with E-state index in [0.717, 1.165) is 15.3 Å². The fourth-order valence-electron chi connectivity index (χ4n) is 2.62. The van der Waals surface area contributed by atoms with Gasteiger partial charge in [0.25, 0.3) is 5.91 Å². The first-order valence-corrected chi connectivity index (χ1v) is 11.0. The fraction of sp³-hybridized carbons (Fsp3) is 0.167. The molecule has 7 nitrogen and oxygen atoms in total. The van der Waals surface area contributed by atoms with Crippen LogP contribution in [-0.4, -0.2) is 27.8 Å². The second-order valence-corrected chi connectivity index (χ2v) is 8.74. The third kappa shape index (κ3) is 4.48. The number of benzene rings is 1. The van der Waals surface area contributed by atoms with E-state index in [0.29, 0.717) is 33.7 Å². The lowest BCUT2D eigenvalue weighted by molar-refractivity contribution is -0.122. The molecule has 150 valence electrons. The number of carbonyl (C=O) groups is 2. The maximum Gasteiger partial charge on any atom is 0.279 e. The van der Waals surface area contributed by atoms with Gasteiger partial charge in [0.05, 0.1) is 22.0 Å². The molecule has 0 atom stereocenters. The summed E-state index contributed by atoms with van der Waals surface area (Å²) >= 11 is 14.7. The number of nitrogens with zero attached hydrogens (tertiary/aromatic N) is 2. The Morgan fingerprint density at radius 1 is 1.21 bits per heavy atom. The first-order chi connectivity index (χ1) is 14.0. The molecule has 0 unspecified atom stereocenters. The molecule has 0 saturated carbocycles. The fourth-order valence-corrected chi connectivity index (χ4v) is 4.78. The van der Waals surface area contributed by atoms with Crippen LogP contribution in [0.15, 0.2) is 35.8 Å². The van der Waals surface area contributed by atoms with Crippen LogP contribution in [0.3, 0.4) is 0 Å². The van der Waals surface area contributed by atoms with Crippen molar-refractivity contribution in [1.29, 1.82) is 0 Å². The third-order valence-electron chi connectivity index (χ3n) is 3.98. The molecule has 0 aliphatic heterocycles. The van der Waals surface area contributed by atoms with Gasteiger partial charge in [-0.05, 0) is 30.7 Å². The molecule has 0 saturated heterocycles. The van der Waals surface area contributed by atoms with Crippen LogP contribution in [0.1, 0.15) is 22.5 Å². The number of rotatable bonds is 6. The van der Waals surface area contributed by atoms with Gasteiger partial charge < -0.3 is 4.74 Å². The van der Waals surface area contributed by atoms with Crippen molar-refractivity contribution in [3.63, 3.8) is 0 Å².